The highest BCUT2D eigenvalue weighted by molar-refractivity contribution is 8.18. The van der Waals surface area contributed by atoms with E-state index in [4.69, 9.17) is 0 Å². The SMILES string of the molecule is O=C(CN1C(=O)S/C(=C/c2cccs2)C1=O)Nc1nc(-c2cc(F)ccc2F)cs1. The minimum absolute atomic E-state index is 0.0311. The third kappa shape index (κ3) is 4.32. The molecule has 3 amide bonds. The van der Waals surface area contributed by atoms with Gasteiger partial charge in [-0.1, -0.05) is 6.07 Å². The summed E-state index contributed by atoms with van der Waals surface area (Å²) in [5.74, 6) is -2.43. The van der Waals surface area contributed by atoms with Crippen LogP contribution in [0.3, 0.4) is 0 Å². The molecule has 0 unspecified atom stereocenters. The van der Waals surface area contributed by atoms with Crippen LogP contribution in [-0.2, 0) is 9.59 Å². The smallest absolute Gasteiger partial charge is 0.294 e. The van der Waals surface area contributed by atoms with Gasteiger partial charge in [-0.2, -0.15) is 0 Å². The Morgan fingerprint density at radius 1 is 1.20 bits per heavy atom. The molecular formula is C19H11F2N3O3S3. The van der Waals surface area contributed by atoms with Gasteiger partial charge in [0.25, 0.3) is 11.1 Å². The predicted octanol–water partition coefficient (Wildman–Crippen LogP) is 4.82. The van der Waals surface area contributed by atoms with Crippen molar-refractivity contribution in [3.63, 3.8) is 0 Å². The largest absolute Gasteiger partial charge is 0.300 e. The number of hydrogen-bond donors (Lipinski definition) is 1. The summed E-state index contributed by atoms with van der Waals surface area (Å²) in [6.45, 7) is -0.477. The van der Waals surface area contributed by atoms with Gasteiger partial charge in [0.1, 0.15) is 18.2 Å². The molecule has 4 rings (SSSR count). The Bertz CT molecular complexity index is 1170. The van der Waals surface area contributed by atoms with Crippen LogP contribution < -0.4 is 5.32 Å². The lowest BCUT2D eigenvalue weighted by Gasteiger charge is -2.11. The van der Waals surface area contributed by atoms with E-state index in [9.17, 15) is 23.2 Å². The second-order valence-corrected chi connectivity index (χ2v) is 8.82. The van der Waals surface area contributed by atoms with Crippen LogP contribution in [0.5, 0.6) is 0 Å². The zero-order chi connectivity index (χ0) is 21.3. The first-order chi connectivity index (χ1) is 14.4. The highest BCUT2D eigenvalue weighted by Crippen LogP contribution is 2.33. The second kappa shape index (κ2) is 8.46. The summed E-state index contributed by atoms with van der Waals surface area (Å²) in [6.07, 6.45) is 1.61. The summed E-state index contributed by atoms with van der Waals surface area (Å²) in [6, 6.07) is 6.64. The maximum atomic E-state index is 13.9. The van der Waals surface area contributed by atoms with Crippen molar-refractivity contribution in [3.05, 3.63) is 62.5 Å². The number of anilines is 1. The van der Waals surface area contributed by atoms with Gasteiger partial charge in [-0.05, 0) is 47.5 Å². The molecule has 3 heterocycles. The quantitative estimate of drug-likeness (QED) is 0.549. The third-order valence-corrected chi connectivity index (χ3v) is 6.43. The van der Waals surface area contributed by atoms with Gasteiger partial charge >= 0.3 is 0 Å². The number of benzene rings is 1. The van der Waals surface area contributed by atoms with Crippen LogP contribution in [0.1, 0.15) is 4.88 Å². The standard InChI is InChI=1S/C19H11F2N3O3S3/c20-10-3-4-13(21)12(6-10)14-9-29-18(22-14)23-16(25)8-24-17(26)15(30-19(24)27)7-11-2-1-5-28-11/h1-7,9H,8H2,(H,22,23,25)/b15-7+. The molecule has 1 aliphatic rings. The Hall–Kier alpha value is -2.89. The summed E-state index contributed by atoms with van der Waals surface area (Å²) in [5.41, 5.74) is 0.133. The molecule has 152 valence electrons. The number of rotatable bonds is 5. The lowest BCUT2D eigenvalue weighted by molar-refractivity contribution is -0.127. The predicted molar refractivity (Wildman–Crippen MR) is 113 cm³/mol. The number of hydrogen-bond acceptors (Lipinski definition) is 7. The van der Waals surface area contributed by atoms with Crippen LogP contribution in [0, 0.1) is 11.6 Å². The number of amides is 3. The molecule has 1 aromatic carbocycles. The number of carbonyl (C=O) groups excluding carboxylic acids is 3. The van der Waals surface area contributed by atoms with Gasteiger partial charge in [0, 0.05) is 15.8 Å². The Morgan fingerprint density at radius 3 is 2.80 bits per heavy atom. The number of halogens is 2. The van der Waals surface area contributed by atoms with Crippen molar-refractivity contribution in [2.24, 2.45) is 0 Å². The Morgan fingerprint density at radius 2 is 2.03 bits per heavy atom. The molecule has 0 atom stereocenters. The first-order valence-corrected chi connectivity index (χ1v) is 11.0. The number of nitrogens with zero attached hydrogens (tertiary/aromatic N) is 2. The fourth-order valence-corrected chi connectivity index (χ4v) is 4.88. The Kier molecular flexibility index (Phi) is 5.75. The maximum absolute atomic E-state index is 13.9. The van der Waals surface area contributed by atoms with E-state index >= 15 is 0 Å². The van der Waals surface area contributed by atoms with Gasteiger partial charge in [0.05, 0.1) is 10.6 Å². The zero-order valence-corrected chi connectivity index (χ0v) is 17.4. The molecule has 3 aromatic rings. The number of aromatic nitrogens is 1. The summed E-state index contributed by atoms with van der Waals surface area (Å²) >= 11 is 3.21. The fraction of sp³-hybridized carbons (Fsp3) is 0.0526. The zero-order valence-electron chi connectivity index (χ0n) is 14.9. The van der Waals surface area contributed by atoms with E-state index in [1.807, 2.05) is 17.5 Å². The van der Waals surface area contributed by atoms with Gasteiger partial charge in [-0.15, -0.1) is 22.7 Å². The van der Waals surface area contributed by atoms with Crippen molar-refractivity contribution in [1.29, 1.82) is 0 Å². The minimum atomic E-state index is -0.644. The fourth-order valence-electron chi connectivity index (χ4n) is 2.59. The monoisotopic (exact) mass is 463 g/mol. The molecule has 2 aromatic heterocycles. The number of thioether (sulfide) groups is 1. The van der Waals surface area contributed by atoms with Gasteiger partial charge < -0.3 is 5.32 Å². The van der Waals surface area contributed by atoms with Crippen molar-refractivity contribution in [3.8, 4) is 11.3 Å². The Balaban J connectivity index is 1.43. The lowest BCUT2D eigenvalue weighted by Crippen LogP contribution is -2.36. The number of thiazole rings is 1. The molecule has 11 heteroatoms. The van der Waals surface area contributed by atoms with E-state index < -0.39 is 35.2 Å². The highest BCUT2D eigenvalue weighted by Gasteiger charge is 2.36. The molecule has 1 N–H and O–H groups in total. The number of carbonyl (C=O) groups is 3. The van der Waals surface area contributed by atoms with E-state index in [0.29, 0.717) is 0 Å². The van der Waals surface area contributed by atoms with E-state index in [2.05, 4.69) is 10.3 Å². The van der Waals surface area contributed by atoms with Crippen molar-refractivity contribution in [2.75, 3.05) is 11.9 Å². The average Bonchev–Trinajstić information content (AvgIpc) is 3.43. The van der Waals surface area contributed by atoms with E-state index in [0.717, 1.165) is 51.1 Å². The third-order valence-electron chi connectivity index (χ3n) is 3.95. The molecule has 1 saturated heterocycles. The molecular weight excluding hydrogens is 452 g/mol. The Labute approximate surface area is 181 Å². The number of imide groups is 1. The highest BCUT2D eigenvalue weighted by atomic mass is 32.2. The van der Waals surface area contributed by atoms with Crippen LogP contribution >= 0.6 is 34.4 Å². The molecule has 0 spiro atoms. The van der Waals surface area contributed by atoms with Gasteiger partial charge in [0.15, 0.2) is 5.13 Å². The van der Waals surface area contributed by atoms with Crippen LogP contribution in [0.15, 0.2) is 46.0 Å². The minimum Gasteiger partial charge on any atom is -0.300 e. The average molecular weight is 464 g/mol. The molecule has 1 aliphatic heterocycles. The van der Waals surface area contributed by atoms with Gasteiger partial charge in [-0.3, -0.25) is 19.3 Å². The summed E-state index contributed by atoms with van der Waals surface area (Å²) in [4.78, 5) is 42.9. The normalized spacial score (nSPS) is 15.3. The first kappa shape index (κ1) is 20.4. The van der Waals surface area contributed by atoms with E-state index in [-0.39, 0.29) is 21.3 Å². The number of nitrogens with one attached hydrogen (secondary N) is 1. The topological polar surface area (TPSA) is 79.4 Å². The lowest BCUT2D eigenvalue weighted by atomic mass is 10.1. The van der Waals surface area contributed by atoms with E-state index in [1.165, 1.54) is 16.7 Å². The van der Waals surface area contributed by atoms with Crippen molar-refractivity contribution in [2.45, 2.75) is 0 Å². The number of thiophene rings is 1. The molecule has 6 nitrogen and oxygen atoms in total. The van der Waals surface area contributed by atoms with Crippen LogP contribution in [0.25, 0.3) is 17.3 Å². The first-order valence-electron chi connectivity index (χ1n) is 8.40. The summed E-state index contributed by atoms with van der Waals surface area (Å²) < 4.78 is 27.2. The molecule has 0 radical (unpaired) electrons. The van der Waals surface area contributed by atoms with Crippen molar-refractivity contribution >= 4 is 62.7 Å². The molecule has 1 fully saturated rings. The second-order valence-electron chi connectivity index (χ2n) is 5.99. The van der Waals surface area contributed by atoms with Gasteiger partial charge in [-0.25, -0.2) is 13.8 Å². The molecule has 0 saturated carbocycles. The van der Waals surface area contributed by atoms with Gasteiger partial charge in [0.2, 0.25) is 5.91 Å². The molecule has 30 heavy (non-hydrogen) atoms. The van der Waals surface area contributed by atoms with Crippen molar-refractivity contribution < 1.29 is 23.2 Å². The van der Waals surface area contributed by atoms with Crippen LogP contribution in [0.4, 0.5) is 18.7 Å². The van der Waals surface area contributed by atoms with Crippen LogP contribution in [-0.4, -0.2) is 33.5 Å². The summed E-state index contributed by atoms with van der Waals surface area (Å²) in [5, 5.41) is 5.39. The van der Waals surface area contributed by atoms with Crippen LogP contribution in [0.2, 0.25) is 0 Å². The maximum Gasteiger partial charge on any atom is 0.294 e. The van der Waals surface area contributed by atoms with Crippen molar-refractivity contribution in [1.82, 2.24) is 9.88 Å². The van der Waals surface area contributed by atoms with E-state index in [1.54, 1.807) is 6.08 Å². The molecule has 0 bridgehead atoms. The summed E-state index contributed by atoms with van der Waals surface area (Å²) in [7, 11) is 0. The molecule has 0 aliphatic carbocycles.